The molecule has 0 bridgehead atoms. The number of ether oxygens (including phenoxy) is 1. The van der Waals surface area contributed by atoms with E-state index in [9.17, 15) is 9.59 Å². The van der Waals surface area contributed by atoms with Gasteiger partial charge in [0.1, 0.15) is 18.6 Å². The highest BCUT2D eigenvalue weighted by Crippen LogP contribution is 2.20. The van der Waals surface area contributed by atoms with Gasteiger partial charge < -0.3 is 13.7 Å². The molecule has 2 heterocycles. The van der Waals surface area contributed by atoms with E-state index in [4.69, 9.17) is 13.7 Å². The Morgan fingerprint density at radius 1 is 1.18 bits per heavy atom. The van der Waals surface area contributed by atoms with Gasteiger partial charge in [-0.1, -0.05) is 17.3 Å². The van der Waals surface area contributed by atoms with E-state index >= 15 is 0 Å². The summed E-state index contributed by atoms with van der Waals surface area (Å²) < 4.78 is 15.4. The molecular formula is C16H11NO5. The fourth-order valence-electron chi connectivity index (χ4n) is 1.84. The molecule has 0 atom stereocenters. The third-order valence-electron chi connectivity index (χ3n) is 2.96. The van der Waals surface area contributed by atoms with Gasteiger partial charge in [0.15, 0.2) is 5.76 Å². The second kappa shape index (κ2) is 6.09. The summed E-state index contributed by atoms with van der Waals surface area (Å²) in [6, 6.07) is 11.3. The van der Waals surface area contributed by atoms with E-state index in [1.165, 1.54) is 18.4 Å². The molecule has 3 aromatic rings. The Bertz CT molecular complexity index is 771. The lowest BCUT2D eigenvalue weighted by Crippen LogP contribution is -2.05. The van der Waals surface area contributed by atoms with Gasteiger partial charge in [-0.05, 0) is 24.3 Å². The zero-order valence-electron chi connectivity index (χ0n) is 11.4. The summed E-state index contributed by atoms with van der Waals surface area (Å²) in [7, 11) is 0. The van der Waals surface area contributed by atoms with Crippen LogP contribution in [-0.2, 0) is 11.3 Å². The molecule has 0 spiro atoms. The van der Waals surface area contributed by atoms with Crippen LogP contribution < -0.4 is 0 Å². The van der Waals surface area contributed by atoms with Gasteiger partial charge in [0.2, 0.25) is 5.76 Å². The maximum atomic E-state index is 11.9. The quantitative estimate of drug-likeness (QED) is 0.531. The Morgan fingerprint density at radius 2 is 2.00 bits per heavy atom. The van der Waals surface area contributed by atoms with Gasteiger partial charge in [-0.25, -0.2) is 4.79 Å². The molecule has 110 valence electrons. The number of benzene rings is 1. The molecule has 0 unspecified atom stereocenters. The van der Waals surface area contributed by atoms with E-state index in [0.717, 1.165) is 0 Å². The SMILES string of the molecule is O=Cc1ccc(C(=O)OCc2cc(-c3ccco3)on2)cc1. The van der Waals surface area contributed by atoms with E-state index in [1.54, 1.807) is 30.3 Å². The van der Waals surface area contributed by atoms with Gasteiger partial charge in [0.05, 0.1) is 11.8 Å². The van der Waals surface area contributed by atoms with E-state index in [0.29, 0.717) is 34.6 Å². The highest BCUT2D eigenvalue weighted by atomic mass is 16.5. The number of hydrogen-bond acceptors (Lipinski definition) is 6. The Labute approximate surface area is 125 Å². The lowest BCUT2D eigenvalue weighted by molar-refractivity contribution is 0.0464. The van der Waals surface area contributed by atoms with Gasteiger partial charge in [-0.3, -0.25) is 4.79 Å². The smallest absolute Gasteiger partial charge is 0.338 e. The third-order valence-corrected chi connectivity index (χ3v) is 2.96. The van der Waals surface area contributed by atoms with Crippen LogP contribution in [0.15, 0.2) is 57.7 Å². The summed E-state index contributed by atoms with van der Waals surface area (Å²) in [6.45, 7) is -0.0154. The van der Waals surface area contributed by atoms with Crippen LogP contribution >= 0.6 is 0 Å². The summed E-state index contributed by atoms with van der Waals surface area (Å²) in [4.78, 5) is 22.4. The minimum atomic E-state index is -0.500. The first-order chi connectivity index (χ1) is 10.8. The number of carbonyl (C=O) groups excluding carboxylic acids is 2. The van der Waals surface area contributed by atoms with Crippen LogP contribution in [0.1, 0.15) is 26.4 Å². The van der Waals surface area contributed by atoms with Crippen LogP contribution in [0.5, 0.6) is 0 Å². The molecule has 22 heavy (non-hydrogen) atoms. The summed E-state index contributed by atoms with van der Waals surface area (Å²) in [6.07, 6.45) is 2.24. The van der Waals surface area contributed by atoms with Crippen molar-refractivity contribution in [3.63, 3.8) is 0 Å². The third kappa shape index (κ3) is 2.95. The van der Waals surface area contributed by atoms with Gasteiger partial charge in [-0.2, -0.15) is 0 Å². The predicted molar refractivity (Wildman–Crippen MR) is 75.2 cm³/mol. The molecule has 0 aliphatic rings. The molecule has 1 aromatic carbocycles. The monoisotopic (exact) mass is 297 g/mol. The molecule has 0 radical (unpaired) electrons. The molecule has 0 amide bonds. The first-order valence-corrected chi connectivity index (χ1v) is 6.48. The summed E-state index contributed by atoms with van der Waals surface area (Å²) in [5.74, 6) is 0.515. The van der Waals surface area contributed by atoms with Gasteiger partial charge >= 0.3 is 5.97 Å². The van der Waals surface area contributed by atoms with E-state index in [1.807, 2.05) is 0 Å². The van der Waals surface area contributed by atoms with E-state index in [-0.39, 0.29) is 6.61 Å². The molecule has 6 nitrogen and oxygen atoms in total. The molecular weight excluding hydrogens is 286 g/mol. The van der Waals surface area contributed by atoms with Crippen molar-refractivity contribution in [2.24, 2.45) is 0 Å². The molecule has 0 aliphatic heterocycles. The van der Waals surface area contributed by atoms with Crippen molar-refractivity contribution in [3.05, 3.63) is 65.5 Å². The second-order valence-electron chi connectivity index (χ2n) is 4.48. The van der Waals surface area contributed by atoms with Crippen molar-refractivity contribution in [1.29, 1.82) is 0 Å². The van der Waals surface area contributed by atoms with Crippen LogP contribution in [0.4, 0.5) is 0 Å². The first-order valence-electron chi connectivity index (χ1n) is 6.48. The van der Waals surface area contributed by atoms with Crippen molar-refractivity contribution in [3.8, 4) is 11.5 Å². The molecule has 0 aliphatic carbocycles. The highest BCUT2D eigenvalue weighted by Gasteiger charge is 2.12. The molecule has 3 rings (SSSR count). The standard InChI is InChI=1S/C16H11NO5/c18-9-11-3-5-12(6-4-11)16(19)21-10-13-8-15(22-17-13)14-2-1-7-20-14/h1-9H,10H2. The van der Waals surface area contributed by atoms with Crippen molar-refractivity contribution in [2.75, 3.05) is 0 Å². The van der Waals surface area contributed by atoms with Crippen LogP contribution in [0.25, 0.3) is 11.5 Å². The number of aromatic nitrogens is 1. The van der Waals surface area contributed by atoms with Crippen molar-refractivity contribution >= 4 is 12.3 Å². The fourth-order valence-corrected chi connectivity index (χ4v) is 1.84. The van der Waals surface area contributed by atoms with Gasteiger partial charge in [0, 0.05) is 11.6 Å². The van der Waals surface area contributed by atoms with Gasteiger partial charge in [0.25, 0.3) is 0 Å². The fraction of sp³-hybridized carbons (Fsp3) is 0.0625. The van der Waals surface area contributed by atoms with Crippen LogP contribution in [-0.4, -0.2) is 17.4 Å². The van der Waals surface area contributed by atoms with Crippen molar-refractivity contribution in [1.82, 2.24) is 5.16 Å². The Kier molecular flexibility index (Phi) is 3.82. The van der Waals surface area contributed by atoms with Gasteiger partial charge in [-0.15, -0.1) is 0 Å². The molecule has 0 saturated carbocycles. The molecule has 0 N–H and O–H groups in total. The van der Waals surface area contributed by atoms with Crippen LogP contribution in [0.2, 0.25) is 0 Å². The molecule has 6 heteroatoms. The minimum absolute atomic E-state index is 0.0154. The van der Waals surface area contributed by atoms with Crippen LogP contribution in [0, 0.1) is 0 Å². The number of furan rings is 1. The number of nitrogens with zero attached hydrogens (tertiary/aromatic N) is 1. The second-order valence-corrected chi connectivity index (χ2v) is 4.48. The summed E-state index contributed by atoms with van der Waals surface area (Å²) in [5.41, 5.74) is 1.33. The number of rotatable bonds is 5. The summed E-state index contributed by atoms with van der Waals surface area (Å²) in [5, 5.41) is 3.81. The average Bonchev–Trinajstić information content (AvgIpc) is 3.23. The van der Waals surface area contributed by atoms with Crippen molar-refractivity contribution in [2.45, 2.75) is 6.61 Å². The maximum absolute atomic E-state index is 11.9. The minimum Gasteiger partial charge on any atom is -0.461 e. The largest absolute Gasteiger partial charge is 0.461 e. The Balaban J connectivity index is 1.62. The Hall–Kier alpha value is -3.15. The number of aldehydes is 1. The molecule has 2 aromatic heterocycles. The highest BCUT2D eigenvalue weighted by molar-refractivity contribution is 5.90. The lowest BCUT2D eigenvalue weighted by Gasteiger charge is -2.02. The molecule has 0 fully saturated rings. The van der Waals surface area contributed by atoms with E-state index < -0.39 is 5.97 Å². The predicted octanol–water partition coefficient (Wildman–Crippen LogP) is 3.10. The lowest BCUT2D eigenvalue weighted by atomic mass is 10.1. The first kappa shape index (κ1) is 13.8. The average molecular weight is 297 g/mol. The van der Waals surface area contributed by atoms with Crippen molar-refractivity contribution < 1.29 is 23.3 Å². The molecule has 0 saturated heterocycles. The van der Waals surface area contributed by atoms with E-state index in [2.05, 4.69) is 5.16 Å². The number of carbonyl (C=O) groups is 2. The number of esters is 1. The maximum Gasteiger partial charge on any atom is 0.338 e. The summed E-state index contributed by atoms with van der Waals surface area (Å²) >= 11 is 0. The number of hydrogen-bond donors (Lipinski definition) is 0. The van der Waals surface area contributed by atoms with Crippen LogP contribution in [0.3, 0.4) is 0 Å². The zero-order valence-corrected chi connectivity index (χ0v) is 11.4. The topological polar surface area (TPSA) is 82.5 Å². The normalized spacial score (nSPS) is 10.4. The Morgan fingerprint density at radius 3 is 2.68 bits per heavy atom. The zero-order chi connectivity index (χ0) is 15.4.